The van der Waals surface area contributed by atoms with Gasteiger partial charge >= 0.3 is 0 Å². The smallest absolute Gasteiger partial charge is 0.145 e. The van der Waals surface area contributed by atoms with E-state index in [1.807, 2.05) is 6.92 Å². The number of nitrogens with two attached hydrogens (primary N) is 1. The molecule has 0 bridgehead atoms. The molecule has 3 N–H and O–H groups in total. The maximum atomic E-state index is 13.6. The second-order valence-electron chi connectivity index (χ2n) is 3.86. The quantitative estimate of drug-likeness (QED) is 0.449. The van der Waals surface area contributed by atoms with Gasteiger partial charge in [0.25, 0.3) is 0 Å². The third-order valence-electron chi connectivity index (χ3n) is 2.40. The minimum atomic E-state index is -0.384. The Kier molecular flexibility index (Phi) is 6.44. The van der Waals surface area contributed by atoms with E-state index in [0.29, 0.717) is 25.2 Å². The van der Waals surface area contributed by atoms with Crippen molar-refractivity contribution in [1.29, 1.82) is 0 Å². The zero-order chi connectivity index (χ0) is 12.7. The maximum absolute atomic E-state index is 13.6. The van der Waals surface area contributed by atoms with Crippen molar-refractivity contribution in [2.75, 3.05) is 13.2 Å². The number of nitrogens with one attached hydrogen (secondary N) is 1. The number of hydrogen-bond donors (Lipinski definition) is 2. The van der Waals surface area contributed by atoms with Crippen molar-refractivity contribution in [3.05, 3.63) is 34.6 Å². The van der Waals surface area contributed by atoms with Crippen LogP contribution in [0.1, 0.15) is 18.9 Å². The maximum Gasteiger partial charge on any atom is 0.145 e. The van der Waals surface area contributed by atoms with E-state index < -0.39 is 0 Å². The first kappa shape index (κ1) is 14.4. The van der Waals surface area contributed by atoms with Crippen LogP contribution < -0.4 is 11.3 Å². The highest BCUT2D eigenvalue weighted by atomic mass is 35.5. The molecule has 0 saturated heterocycles. The van der Waals surface area contributed by atoms with Crippen molar-refractivity contribution in [1.82, 2.24) is 5.43 Å². The van der Waals surface area contributed by atoms with Gasteiger partial charge in [0.05, 0.1) is 11.6 Å². The molecule has 0 aliphatic carbocycles. The normalized spacial score (nSPS) is 12.7. The van der Waals surface area contributed by atoms with Crippen LogP contribution in [-0.2, 0) is 11.2 Å². The molecular weight excluding hydrogens is 243 g/mol. The fourth-order valence-electron chi connectivity index (χ4n) is 1.51. The lowest BCUT2D eigenvalue weighted by Crippen LogP contribution is -2.40. The summed E-state index contributed by atoms with van der Waals surface area (Å²) in [5, 5.41) is 0.132. The molecule has 1 rings (SSSR count). The third-order valence-corrected chi connectivity index (χ3v) is 2.69. The standard InChI is InChI=1S/C12H18ClFN2O/c1-2-6-17-8-10(16-15)7-9-4-3-5-11(13)12(9)14/h3-5,10,16H,2,6-8,15H2,1H3. The first-order valence-electron chi connectivity index (χ1n) is 5.65. The molecule has 1 atom stereocenters. The summed E-state index contributed by atoms with van der Waals surface area (Å²) in [7, 11) is 0. The van der Waals surface area contributed by atoms with E-state index in [1.165, 1.54) is 6.07 Å². The monoisotopic (exact) mass is 260 g/mol. The predicted octanol–water partition coefficient (Wildman–Crippen LogP) is 2.28. The van der Waals surface area contributed by atoms with E-state index in [4.69, 9.17) is 22.2 Å². The van der Waals surface area contributed by atoms with Gasteiger partial charge < -0.3 is 4.74 Å². The fraction of sp³-hybridized carbons (Fsp3) is 0.500. The number of halogens is 2. The molecule has 0 aliphatic heterocycles. The van der Waals surface area contributed by atoms with Crippen LogP contribution in [0.2, 0.25) is 5.02 Å². The van der Waals surface area contributed by atoms with Crippen molar-refractivity contribution in [2.45, 2.75) is 25.8 Å². The number of benzene rings is 1. The van der Waals surface area contributed by atoms with Crippen molar-refractivity contribution in [2.24, 2.45) is 5.84 Å². The number of ether oxygens (including phenoxy) is 1. The van der Waals surface area contributed by atoms with Gasteiger partial charge in [-0.25, -0.2) is 4.39 Å². The van der Waals surface area contributed by atoms with Crippen molar-refractivity contribution >= 4 is 11.6 Å². The average molecular weight is 261 g/mol. The van der Waals surface area contributed by atoms with Gasteiger partial charge in [-0.15, -0.1) is 0 Å². The van der Waals surface area contributed by atoms with Crippen molar-refractivity contribution in [3.8, 4) is 0 Å². The highest BCUT2D eigenvalue weighted by molar-refractivity contribution is 6.30. The molecule has 0 aliphatic rings. The van der Waals surface area contributed by atoms with Crippen LogP contribution >= 0.6 is 11.6 Å². The summed E-state index contributed by atoms with van der Waals surface area (Å²) in [6.45, 7) is 3.16. The van der Waals surface area contributed by atoms with E-state index in [-0.39, 0.29) is 16.9 Å². The van der Waals surface area contributed by atoms with Gasteiger partial charge in [0.15, 0.2) is 0 Å². The Bertz CT molecular complexity index is 349. The van der Waals surface area contributed by atoms with Crippen LogP contribution in [-0.4, -0.2) is 19.3 Å². The van der Waals surface area contributed by atoms with Gasteiger partial charge in [-0.1, -0.05) is 30.7 Å². The van der Waals surface area contributed by atoms with Gasteiger partial charge in [0, 0.05) is 12.6 Å². The lowest BCUT2D eigenvalue weighted by molar-refractivity contribution is 0.111. The molecular formula is C12H18ClFN2O. The third kappa shape index (κ3) is 4.60. The molecule has 1 aromatic carbocycles. The average Bonchev–Trinajstić information content (AvgIpc) is 2.33. The zero-order valence-electron chi connectivity index (χ0n) is 9.88. The molecule has 3 nitrogen and oxygen atoms in total. The molecule has 0 fully saturated rings. The van der Waals surface area contributed by atoms with Gasteiger partial charge in [-0.3, -0.25) is 11.3 Å². The topological polar surface area (TPSA) is 47.3 Å². The lowest BCUT2D eigenvalue weighted by atomic mass is 10.1. The molecule has 17 heavy (non-hydrogen) atoms. The van der Waals surface area contributed by atoms with E-state index in [9.17, 15) is 4.39 Å². The van der Waals surface area contributed by atoms with E-state index in [2.05, 4.69) is 5.43 Å². The molecule has 0 amide bonds. The second-order valence-corrected chi connectivity index (χ2v) is 4.26. The minimum Gasteiger partial charge on any atom is -0.380 e. The number of hydrazine groups is 1. The number of rotatable bonds is 7. The lowest BCUT2D eigenvalue weighted by Gasteiger charge is -2.16. The van der Waals surface area contributed by atoms with Gasteiger partial charge in [0.2, 0.25) is 0 Å². The van der Waals surface area contributed by atoms with Gasteiger partial charge in [0.1, 0.15) is 5.82 Å². The molecule has 0 heterocycles. The summed E-state index contributed by atoms with van der Waals surface area (Å²) in [6.07, 6.45) is 1.40. The SMILES string of the molecule is CCCOCC(Cc1cccc(Cl)c1F)NN. The molecule has 1 unspecified atom stereocenters. The summed E-state index contributed by atoms with van der Waals surface area (Å²) in [5.74, 6) is 5.02. The van der Waals surface area contributed by atoms with Gasteiger partial charge in [-0.05, 0) is 24.5 Å². The molecule has 0 saturated carbocycles. The molecule has 1 aromatic rings. The zero-order valence-corrected chi connectivity index (χ0v) is 10.6. The fourth-order valence-corrected chi connectivity index (χ4v) is 1.70. The summed E-state index contributed by atoms with van der Waals surface area (Å²) < 4.78 is 19.0. The Morgan fingerprint density at radius 2 is 2.29 bits per heavy atom. The predicted molar refractivity (Wildman–Crippen MR) is 67.3 cm³/mol. The molecule has 0 aromatic heterocycles. The Labute approximate surface area is 106 Å². The second kappa shape index (κ2) is 7.61. The molecule has 0 radical (unpaired) electrons. The summed E-state index contributed by atoms with van der Waals surface area (Å²) in [5.41, 5.74) is 3.16. The molecule has 0 spiro atoms. The Morgan fingerprint density at radius 3 is 2.94 bits per heavy atom. The minimum absolute atomic E-state index is 0.116. The molecule has 96 valence electrons. The van der Waals surface area contributed by atoms with Crippen LogP contribution in [0.3, 0.4) is 0 Å². The van der Waals surface area contributed by atoms with Crippen molar-refractivity contribution in [3.63, 3.8) is 0 Å². The summed E-state index contributed by atoms with van der Waals surface area (Å²) in [4.78, 5) is 0. The van der Waals surface area contributed by atoms with E-state index in [0.717, 1.165) is 6.42 Å². The highest BCUT2D eigenvalue weighted by Crippen LogP contribution is 2.19. The Morgan fingerprint density at radius 1 is 1.53 bits per heavy atom. The summed E-state index contributed by atoms with van der Waals surface area (Å²) in [6, 6.07) is 4.83. The Hall–Kier alpha value is -0.680. The first-order valence-corrected chi connectivity index (χ1v) is 6.03. The van der Waals surface area contributed by atoms with Crippen molar-refractivity contribution < 1.29 is 9.13 Å². The number of hydrogen-bond acceptors (Lipinski definition) is 3. The van der Waals surface area contributed by atoms with E-state index in [1.54, 1.807) is 12.1 Å². The van der Waals surface area contributed by atoms with Crippen LogP contribution in [0.5, 0.6) is 0 Å². The van der Waals surface area contributed by atoms with Crippen LogP contribution in [0.4, 0.5) is 4.39 Å². The first-order chi connectivity index (χ1) is 8.19. The van der Waals surface area contributed by atoms with Crippen LogP contribution in [0, 0.1) is 5.82 Å². The largest absolute Gasteiger partial charge is 0.380 e. The Balaban J connectivity index is 2.57. The molecule has 5 heteroatoms. The van der Waals surface area contributed by atoms with Crippen LogP contribution in [0.15, 0.2) is 18.2 Å². The summed E-state index contributed by atoms with van der Waals surface area (Å²) >= 11 is 5.71. The van der Waals surface area contributed by atoms with E-state index >= 15 is 0 Å². The van der Waals surface area contributed by atoms with Gasteiger partial charge in [-0.2, -0.15) is 0 Å². The highest BCUT2D eigenvalue weighted by Gasteiger charge is 2.12. The van der Waals surface area contributed by atoms with Crippen LogP contribution in [0.25, 0.3) is 0 Å².